The van der Waals surface area contributed by atoms with E-state index in [1.807, 2.05) is 11.5 Å². The molecule has 3 rings (SSSR count). The van der Waals surface area contributed by atoms with E-state index in [-0.39, 0.29) is 18.3 Å². The van der Waals surface area contributed by atoms with Crippen molar-refractivity contribution in [2.45, 2.75) is 33.0 Å². The van der Waals surface area contributed by atoms with Crippen molar-refractivity contribution in [2.24, 2.45) is 5.73 Å². The number of carbonyl (C=O) groups excluding carboxylic acids is 1. The maximum atomic E-state index is 13.2. The summed E-state index contributed by atoms with van der Waals surface area (Å²) in [6, 6.07) is 8.53. The molecule has 0 radical (unpaired) electrons. The molecule has 2 aromatic carbocycles. The fraction of sp³-hybridized carbons (Fsp3) is 0.333. The molecule has 0 fully saturated rings. The number of nitrogens with zero attached hydrogens (tertiary/aromatic N) is 2. The topological polar surface area (TPSA) is 91.4 Å². The summed E-state index contributed by atoms with van der Waals surface area (Å²) in [5.74, 6) is 0.906. The quantitative estimate of drug-likeness (QED) is 0.502. The van der Waals surface area contributed by atoms with Gasteiger partial charge in [-0.2, -0.15) is 0 Å². The summed E-state index contributed by atoms with van der Waals surface area (Å²) < 4.78 is 26.4. The summed E-state index contributed by atoms with van der Waals surface area (Å²) in [6.45, 7) is 5.36. The first-order valence-corrected chi connectivity index (χ1v) is 10.00. The Balaban J connectivity index is 1.94. The van der Waals surface area contributed by atoms with Gasteiger partial charge in [0.25, 0.3) is 0 Å². The summed E-state index contributed by atoms with van der Waals surface area (Å²) in [4.78, 5) is 16.5. The van der Waals surface area contributed by atoms with Crippen LogP contribution in [-0.2, 0) is 22.6 Å². The molecule has 7 nitrogen and oxygen atoms in total. The van der Waals surface area contributed by atoms with Crippen molar-refractivity contribution >= 4 is 28.5 Å². The third kappa shape index (κ3) is 5.27. The van der Waals surface area contributed by atoms with Crippen molar-refractivity contribution in [3.05, 3.63) is 53.1 Å². The molecule has 160 valence electrons. The summed E-state index contributed by atoms with van der Waals surface area (Å²) in [5, 5.41) is 3.14. The minimum Gasteiger partial charge on any atom is -0.456 e. The van der Waals surface area contributed by atoms with Crippen LogP contribution < -0.4 is 15.8 Å². The highest BCUT2D eigenvalue weighted by Gasteiger charge is 2.16. The number of hydrogen-bond donors (Lipinski definition) is 2. The number of carbonyl (C=O) groups is 1. The van der Waals surface area contributed by atoms with Gasteiger partial charge in [0.15, 0.2) is 0 Å². The van der Waals surface area contributed by atoms with Crippen LogP contribution in [0.5, 0.6) is 11.5 Å². The van der Waals surface area contributed by atoms with Gasteiger partial charge >= 0.3 is 0 Å². The lowest BCUT2D eigenvalue weighted by Gasteiger charge is -2.12. The molecule has 9 heteroatoms. The second-order valence-corrected chi connectivity index (χ2v) is 7.12. The second-order valence-electron chi connectivity index (χ2n) is 6.71. The van der Waals surface area contributed by atoms with Crippen LogP contribution in [0.4, 0.5) is 4.39 Å². The summed E-state index contributed by atoms with van der Waals surface area (Å²) in [5.41, 5.74) is 7.06. The summed E-state index contributed by atoms with van der Waals surface area (Å²) >= 11 is 6.38. The van der Waals surface area contributed by atoms with E-state index in [9.17, 15) is 9.18 Å². The van der Waals surface area contributed by atoms with Crippen LogP contribution in [-0.4, -0.2) is 34.7 Å². The Bertz CT molecular complexity index is 1020. The number of halogens is 2. The fourth-order valence-electron chi connectivity index (χ4n) is 2.90. The van der Waals surface area contributed by atoms with Gasteiger partial charge in [-0.3, -0.25) is 4.79 Å². The van der Waals surface area contributed by atoms with E-state index < -0.39 is 6.04 Å². The number of nitrogens with one attached hydrogen (secondary N) is 1. The van der Waals surface area contributed by atoms with Crippen LogP contribution >= 0.6 is 11.6 Å². The molecular formula is C21H24ClFN4O3. The Kier molecular flexibility index (Phi) is 7.25. The monoisotopic (exact) mass is 434 g/mol. The first kappa shape index (κ1) is 22.0. The Hall–Kier alpha value is -2.68. The van der Waals surface area contributed by atoms with Crippen LogP contribution in [0.2, 0.25) is 5.02 Å². The van der Waals surface area contributed by atoms with Gasteiger partial charge in [-0.05, 0) is 44.2 Å². The van der Waals surface area contributed by atoms with Crippen LogP contribution in [0.1, 0.15) is 19.7 Å². The maximum absolute atomic E-state index is 13.2. The Morgan fingerprint density at radius 1 is 1.33 bits per heavy atom. The molecule has 0 unspecified atom stereocenters. The minimum absolute atomic E-state index is 0.215. The number of ether oxygens (including phenoxy) is 2. The molecule has 1 heterocycles. The lowest BCUT2D eigenvalue weighted by molar-refractivity contribution is -0.122. The molecule has 0 aliphatic carbocycles. The zero-order valence-electron chi connectivity index (χ0n) is 16.8. The van der Waals surface area contributed by atoms with Gasteiger partial charge in [-0.25, -0.2) is 9.37 Å². The molecule has 0 saturated carbocycles. The standard InChI is InChI=1S/C21H24ClFN4O3/c1-3-29-9-8-27-18-11-19(30-15-6-4-14(23)5-7-15)16(22)10-17(18)26-20(27)12-25-21(28)13(2)24/h4-7,10-11,13H,3,8-9,12,24H2,1-2H3,(H,25,28)/t13-/m0/s1. The van der Waals surface area contributed by atoms with Crippen molar-refractivity contribution in [3.8, 4) is 11.5 Å². The third-order valence-electron chi connectivity index (χ3n) is 4.42. The Labute approximate surface area is 178 Å². The van der Waals surface area contributed by atoms with Gasteiger partial charge in [0.1, 0.15) is 23.1 Å². The Morgan fingerprint density at radius 2 is 2.07 bits per heavy atom. The molecule has 1 amide bonds. The Morgan fingerprint density at radius 3 is 2.73 bits per heavy atom. The number of imidazole rings is 1. The van der Waals surface area contributed by atoms with E-state index in [1.54, 1.807) is 19.1 Å². The van der Waals surface area contributed by atoms with Gasteiger partial charge in [0.05, 0.1) is 35.2 Å². The van der Waals surface area contributed by atoms with E-state index >= 15 is 0 Å². The molecule has 0 spiro atoms. The van der Waals surface area contributed by atoms with E-state index in [1.165, 1.54) is 24.3 Å². The number of fused-ring (bicyclic) bond motifs is 1. The first-order valence-electron chi connectivity index (χ1n) is 9.62. The van der Waals surface area contributed by atoms with E-state index in [0.29, 0.717) is 47.6 Å². The fourth-order valence-corrected chi connectivity index (χ4v) is 3.09. The minimum atomic E-state index is -0.614. The van der Waals surface area contributed by atoms with Crippen molar-refractivity contribution < 1.29 is 18.7 Å². The van der Waals surface area contributed by atoms with Crippen LogP contribution in [0.15, 0.2) is 36.4 Å². The van der Waals surface area contributed by atoms with E-state index in [4.69, 9.17) is 26.8 Å². The zero-order chi connectivity index (χ0) is 21.7. The predicted octanol–water partition coefficient (Wildman–Crippen LogP) is 3.62. The smallest absolute Gasteiger partial charge is 0.237 e. The molecule has 0 aliphatic rings. The molecule has 30 heavy (non-hydrogen) atoms. The lowest BCUT2D eigenvalue weighted by Crippen LogP contribution is -2.38. The number of benzene rings is 2. The molecule has 3 aromatic rings. The highest BCUT2D eigenvalue weighted by Crippen LogP contribution is 2.34. The highest BCUT2D eigenvalue weighted by molar-refractivity contribution is 6.32. The van der Waals surface area contributed by atoms with E-state index in [2.05, 4.69) is 10.3 Å². The van der Waals surface area contributed by atoms with Crippen molar-refractivity contribution in [2.75, 3.05) is 13.2 Å². The van der Waals surface area contributed by atoms with Gasteiger partial charge < -0.3 is 25.1 Å². The lowest BCUT2D eigenvalue weighted by atomic mass is 10.3. The van der Waals surface area contributed by atoms with Crippen molar-refractivity contribution in [1.29, 1.82) is 0 Å². The molecule has 0 saturated heterocycles. The summed E-state index contributed by atoms with van der Waals surface area (Å²) in [6.07, 6.45) is 0. The average molecular weight is 435 g/mol. The van der Waals surface area contributed by atoms with Gasteiger partial charge in [0.2, 0.25) is 5.91 Å². The summed E-state index contributed by atoms with van der Waals surface area (Å²) in [7, 11) is 0. The predicted molar refractivity (Wildman–Crippen MR) is 113 cm³/mol. The average Bonchev–Trinajstić information content (AvgIpc) is 3.04. The normalized spacial score (nSPS) is 12.2. The molecule has 0 aliphatic heterocycles. The number of nitrogens with two attached hydrogens (primary N) is 1. The molecule has 3 N–H and O–H groups in total. The molecule has 1 aromatic heterocycles. The molecule has 1 atom stereocenters. The second kappa shape index (κ2) is 9.88. The number of amides is 1. The van der Waals surface area contributed by atoms with Crippen LogP contribution in [0.3, 0.4) is 0 Å². The third-order valence-corrected chi connectivity index (χ3v) is 4.72. The molecule has 0 bridgehead atoms. The van der Waals surface area contributed by atoms with E-state index in [0.717, 1.165) is 5.52 Å². The van der Waals surface area contributed by atoms with Crippen molar-refractivity contribution in [1.82, 2.24) is 14.9 Å². The van der Waals surface area contributed by atoms with Gasteiger partial charge in [-0.1, -0.05) is 11.6 Å². The number of hydrogen-bond acceptors (Lipinski definition) is 5. The van der Waals surface area contributed by atoms with Crippen LogP contribution in [0.25, 0.3) is 11.0 Å². The SMILES string of the molecule is CCOCCn1c(CNC(=O)[C@H](C)N)nc2cc(Cl)c(Oc3ccc(F)cc3)cc21. The van der Waals surface area contributed by atoms with Gasteiger partial charge in [-0.15, -0.1) is 0 Å². The van der Waals surface area contributed by atoms with Crippen LogP contribution in [0, 0.1) is 5.82 Å². The maximum Gasteiger partial charge on any atom is 0.237 e. The van der Waals surface area contributed by atoms with Gasteiger partial charge in [0, 0.05) is 19.2 Å². The van der Waals surface area contributed by atoms with Crippen molar-refractivity contribution in [3.63, 3.8) is 0 Å². The molecular weight excluding hydrogens is 411 g/mol. The first-order chi connectivity index (χ1) is 14.4. The largest absolute Gasteiger partial charge is 0.456 e. The zero-order valence-corrected chi connectivity index (χ0v) is 17.6. The highest BCUT2D eigenvalue weighted by atomic mass is 35.5. The number of aromatic nitrogens is 2. The number of rotatable bonds is 9.